The number of aromatic nitrogens is 3. The molecule has 0 saturated heterocycles. The number of carbonyl (C=O) groups is 1. The summed E-state index contributed by atoms with van der Waals surface area (Å²) in [5.74, 6) is -0.369. The summed E-state index contributed by atoms with van der Waals surface area (Å²) >= 11 is 0. The van der Waals surface area contributed by atoms with Crippen LogP contribution in [0.3, 0.4) is 0 Å². The van der Waals surface area contributed by atoms with Gasteiger partial charge >= 0.3 is 5.97 Å². The van der Waals surface area contributed by atoms with Gasteiger partial charge in [0, 0.05) is 17.0 Å². The predicted octanol–water partition coefficient (Wildman–Crippen LogP) is 3.89. The average molecular weight is 323 g/mol. The van der Waals surface area contributed by atoms with Gasteiger partial charge in [-0.15, -0.1) is 0 Å². The molecule has 0 unspecified atom stereocenters. The summed E-state index contributed by atoms with van der Waals surface area (Å²) in [6.45, 7) is 8.33. The number of nitrogens with zero attached hydrogens (tertiary/aromatic N) is 3. The highest BCUT2D eigenvalue weighted by Gasteiger charge is 2.24. The van der Waals surface area contributed by atoms with Gasteiger partial charge in [0.2, 0.25) is 0 Å². The Labute approximate surface area is 141 Å². The number of fused-ring (bicyclic) bond motifs is 1. The minimum absolute atomic E-state index is 0.162. The van der Waals surface area contributed by atoms with Crippen molar-refractivity contribution < 1.29 is 9.53 Å². The third kappa shape index (κ3) is 3.02. The van der Waals surface area contributed by atoms with E-state index in [1.54, 1.807) is 17.8 Å². The van der Waals surface area contributed by atoms with E-state index < -0.39 is 0 Å². The molecule has 1 aromatic carbocycles. The van der Waals surface area contributed by atoms with Gasteiger partial charge in [-0.05, 0) is 37.3 Å². The summed E-state index contributed by atoms with van der Waals surface area (Å²) in [4.78, 5) is 16.7. The Bertz CT molecular complexity index is 891. The van der Waals surface area contributed by atoms with E-state index in [2.05, 4.69) is 30.9 Å². The second-order valence-corrected chi connectivity index (χ2v) is 6.68. The van der Waals surface area contributed by atoms with Gasteiger partial charge in [-0.2, -0.15) is 5.10 Å². The first kappa shape index (κ1) is 16.2. The van der Waals surface area contributed by atoms with Crippen molar-refractivity contribution >= 4 is 16.9 Å². The fourth-order valence-electron chi connectivity index (χ4n) is 2.49. The van der Waals surface area contributed by atoms with E-state index in [1.807, 2.05) is 36.4 Å². The maximum atomic E-state index is 12.3. The molecule has 0 radical (unpaired) electrons. The molecule has 0 amide bonds. The Morgan fingerprint density at radius 1 is 1.21 bits per heavy atom. The van der Waals surface area contributed by atoms with Crippen LogP contribution in [0.5, 0.6) is 0 Å². The van der Waals surface area contributed by atoms with Gasteiger partial charge in [0.15, 0.2) is 5.69 Å². The molecule has 3 aromatic rings. The quantitative estimate of drug-likeness (QED) is 0.686. The molecule has 0 atom stereocenters. The van der Waals surface area contributed by atoms with Crippen LogP contribution in [0.25, 0.3) is 16.6 Å². The number of rotatable bonds is 3. The highest BCUT2D eigenvalue weighted by molar-refractivity contribution is 5.89. The maximum Gasteiger partial charge on any atom is 0.357 e. The molecule has 0 N–H and O–H groups in total. The molecule has 3 rings (SSSR count). The Morgan fingerprint density at radius 2 is 2.00 bits per heavy atom. The van der Waals surface area contributed by atoms with Crippen molar-refractivity contribution in [3.05, 3.63) is 54.0 Å². The van der Waals surface area contributed by atoms with Crippen LogP contribution in [0.15, 0.2) is 42.6 Å². The fraction of sp³-hybridized carbons (Fsp3) is 0.316. The van der Waals surface area contributed by atoms with Crippen molar-refractivity contribution in [3.8, 4) is 5.69 Å². The smallest absolute Gasteiger partial charge is 0.357 e. The molecule has 0 bridgehead atoms. The van der Waals surface area contributed by atoms with Crippen molar-refractivity contribution in [2.45, 2.75) is 33.1 Å². The van der Waals surface area contributed by atoms with Crippen LogP contribution in [-0.4, -0.2) is 27.3 Å². The molecule has 0 aliphatic heterocycles. The topological polar surface area (TPSA) is 57.0 Å². The molecule has 2 aromatic heterocycles. The lowest BCUT2D eigenvalue weighted by Gasteiger charge is -2.14. The molecule has 0 saturated carbocycles. The maximum absolute atomic E-state index is 12.3. The first-order valence-electron chi connectivity index (χ1n) is 8.03. The molecular formula is C19H21N3O2. The molecule has 124 valence electrons. The molecule has 5 heteroatoms. The summed E-state index contributed by atoms with van der Waals surface area (Å²) in [5.41, 5.74) is 2.84. The number of hydrogen-bond donors (Lipinski definition) is 0. The molecule has 0 aliphatic rings. The lowest BCUT2D eigenvalue weighted by molar-refractivity contribution is 0.0515. The molecule has 24 heavy (non-hydrogen) atoms. The van der Waals surface area contributed by atoms with E-state index in [0.29, 0.717) is 12.3 Å². The first-order chi connectivity index (χ1) is 11.4. The predicted molar refractivity (Wildman–Crippen MR) is 93.5 cm³/mol. The van der Waals surface area contributed by atoms with Gasteiger partial charge in [0.1, 0.15) is 0 Å². The van der Waals surface area contributed by atoms with E-state index >= 15 is 0 Å². The van der Waals surface area contributed by atoms with Gasteiger partial charge < -0.3 is 4.74 Å². The number of pyridine rings is 1. The van der Waals surface area contributed by atoms with Crippen LogP contribution < -0.4 is 0 Å². The zero-order chi connectivity index (χ0) is 17.3. The van der Waals surface area contributed by atoms with Gasteiger partial charge in [0.05, 0.1) is 23.5 Å². The standard InChI is InChI=1S/C19H21N3O2/c1-5-24-18(23)16-12-17(19(2,3)4)21-22(16)14-8-9-15-13(11-14)7-6-10-20-15/h6-12H,5H2,1-4H3. The normalized spacial score (nSPS) is 11.7. The highest BCUT2D eigenvalue weighted by atomic mass is 16.5. The molecule has 5 nitrogen and oxygen atoms in total. The molecule has 0 fully saturated rings. The number of hydrogen-bond acceptors (Lipinski definition) is 4. The Balaban J connectivity index is 2.16. The highest BCUT2D eigenvalue weighted by Crippen LogP contribution is 2.25. The van der Waals surface area contributed by atoms with E-state index in [9.17, 15) is 4.79 Å². The second-order valence-electron chi connectivity index (χ2n) is 6.68. The van der Waals surface area contributed by atoms with Crippen molar-refractivity contribution in [1.82, 2.24) is 14.8 Å². The van der Waals surface area contributed by atoms with E-state index in [0.717, 1.165) is 22.3 Å². The van der Waals surface area contributed by atoms with Crippen LogP contribution in [0.2, 0.25) is 0 Å². The largest absolute Gasteiger partial charge is 0.461 e. The van der Waals surface area contributed by atoms with Crippen LogP contribution in [0.1, 0.15) is 43.9 Å². The molecule has 0 spiro atoms. The van der Waals surface area contributed by atoms with Gasteiger partial charge in [0.25, 0.3) is 0 Å². The van der Waals surface area contributed by atoms with Crippen LogP contribution in [0, 0.1) is 0 Å². The zero-order valence-electron chi connectivity index (χ0n) is 14.4. The number of esters is 1. The van der Waals surface area contributed by atoms with Crippen molar-refractivity contribution in [3.63, 3.8) is 0 Å². The SMILES string of the molecule is CCOC(=O)c1cc(C(C)(C)C)nn1-c1ccc2ncccc2c1. The first-order valence-corrected chi connectivity index (χ1v) is 8.03. The van der Waals surface area contributed by atoms with E-state index in [4.69, 9.17) is 4.74 Å². The summed E-state index contributed by atoms with van der Waals surface area (Å²) in [6, 6.07) is 11.5. The van der Waals surface area contributed by atoms with Crippen molar-refractivity contribution in [2.75, 3.05) is 6.61 Å². The van der Waals surface area contributed by atoms with E-state index in [1.165, 1.54) is 0 Å². The summed E-state index contributed by atoms with van der Waals surface area (Å²) in [7, 11) is 0. The third-order valence-corrected chi connectivity index (χ3v) is 3.79. The number of ether oxygens (including phenoxy) is 1. The second kappa shape index (κ2) is 6.07. The van der Waals surface area contributed by atoms with Crippen LogP contribution in [-0.2, 0) is 10.2 Å². The van der Waals surface area contributed by atoms with Crippen molar-refractivity contribution in [2.24, 2.45) is 0 Å². The Morgan fingerprint density at radius 3 is 2.71 bits per heavy atom. The fourth-order valence-corrected chi connectivity index (χ4v) is 2.49. The third-order valence-electron chi connectivity index (χ3n) is 3.79. The summed E-state index contributed by atoms with van der Waals surface area (Å²) in [5, 5.41) is 5.66. The Kier molecular flexibility index (Phi) is 4.09. The van der Waals surface area contributed by atoms with Gasteiger partial charge in [-0.25, -0.2) is 9.48 Å². The van der Waals surface area contributed by atoms with Crippen LogP contribution in [0.4, 0.5) is 0 Å². The molecule has 0 aliphatic carbocycles. The Hall–Kier alpha value is -2.69. The van der Waals surface area contributed by atoms with Gasteiger partial charge in [-0.3, -0.25) is 4.98 Å². The van der Waals surface area contributed by atoms with Gasteiger partial charge in [-0.1, -0.05) is 26.8 Å². The molecular weight excluding hydrogens is 302 g/mol. The lowest BCUT2D eigenvalue weighted by Crippen LogP contribution is -2.13. The molecule has 2 heterocycles. The van der Waals surface area contributed by atoms with Crippen LogP contribution >= 0.6 is 0 Å². The zero-order valence-corrected chi connectivity index (χ0v) is 14.4. The lowest BCUT2D eigenvalue weighted by atomic mass is 9.92. The summed E-state index contributed by atoms with van der Waals surface area (Å²) in [6.07, 6.45) is 1.76. The summed E-state index contributed by atoms with van der Waals surface area (Å²) < 4.78 is 6.85. The minimum atomic E-state index is -0.369. The number of carbonyl (C=O) groups excluding carboxylic acids is 1. The van der Waals surface area contributed by atoms with E-state index in [-0.39, 0.29) is 11.4 Å². The minimum Gasteiger partial charge on any atom is -0.461 e. The monoisotopic (exact) mass is 323 g/mol. The average Bonchev–Trinajstić information content (AvgIpc) is 3.00. The number of benzene rings is 1. The van der Waals surface area contributed by atoms with Crippen molar-refractivity contribution in [1.29, 1.82) is 0 Å².